The van der Waals surface area contributed by atoms with E-state index in [2.05, 4.69) is 5.10 Å². The van der Waals surface area contributed by atoms with Gasteiger partial charge in [-0.25, -0.2) is 4.39 Å². The highest BCUT2D eigenvalue weighted by Gasteiger charge is 2.44. The number of nitrogens with zero attached hydrogens (tertiary/aromatic N) is 4. The van der Waals surface area contributed by atoms with Crippen molar-refractivity contribution in [2.45, 2.75) is 45.2 Å². The average molecular weight is 581 g/mol. The largest absolute Gasteiger partial charge is 0.416 e. The Bertz CT molecular complexity index is 1490. The van der Waals surface area contributed by atoms with Crippen molar-refractivity contribution in [3.63, 3.8) is 0 Å². The number of carbonyl (C=O) groups is 2. The number of thioether (sulfide) groups is 1. The third-order valence-corrected chi connectivity index (χ3v) is 8.27. The fourth-order valence-corrected chi connectivity index (χ4v) is 6.19. The van der Waals surface area contributed by atoms with Gasteiger partial charge in [-0.05, 0) is 73.1 Å². The molecular weight excluding hydrogens is 556 g/mol. The number of alkyl halides is 4. The molecule has 2 aliphatic rings. The van der Waals surface area contributed by atoms with Crippen LogP contribution in [0.15, 0.2) is 41.3 Å². The van der Waals surface area contributed by atoms with Gasteiger partial charge in [0.15, 0.2) is 0 Å². The molecule has 0 spiro atoms. The van der Waals surface area contributed by atoms with Gasteiger partial charge < -0.3 is 4.90 Å². The summed E-state index contributed by atoms with van der Waals surface area (Å²) in [5.41, 5.74) is 1.04. The van der Waals surface area contributed by atoms with E-state index in [9.17, 15) is 27.2 Å². The molecule has 2 aliphatic heterocycles. The molecule has 2 fully saturated rings. The third-order valence-electron chi connectivity index (χ3n) is 7.15. The molecule has 2 amide bonds. The zero-order valence-corrected chi connectivity index (χ0v) is 22.7. The summed E-state index contributed by atoms with van der Waals surface area (Å²) in [5, 5.41) is 4.64. The molecule has 39 heavy (non-hydrogen) atoms. The van der Waals surface area contributed by atoms with Crippen molar-refractivity contribution >= 4 is 51.5 Å². The third kappa shape index (κ3) is 5.44. The summed E-state index contributed by atoms with van der Waals surface area (Å²) in [5.74, 6) is -0.516. The molecule has 0 unspecified atom stereocenters. The highest BCUT2D eigenvalue weighted by molar-refractivity contribution is 8.18. The van der Waals surface area contributed by atoms with Crippen molar-refractivity contribution < 1.29 is 27.2 Å². The van der Waals surface area contributed by atoms with E-state index >= 15 is 0 Å². The number of piperidine rings is 1. The topological polar surface area (TPSA) is 58.4 Å². The SMILES string of the molecule is CCN1CC[C@H](N2C(=O)S/C(=C\c3ccc4c(c3)c(C)nn4Cc3ccc(Cl)cc3C(F)(F)F)C2=O)[C@@H](F)C1. The lowest BCUT2D eigenvalue weighted by molar-refractivity contribution is -0.138. The van der Waals surface area contributed by atoms with Gasteiger partial charge in [-0.1, -0.05) is 30.7 Å². The number of rotatable bonds is 5. The minimum atomic E-state index is -4.57. The molecule has 0 aliphatic carbocycles. The number of imide groups is 1. The summed E-state index contributed by atoms with van der Waals surface area (Å²) in [6.07, 6.45) is -3.91. The first kappa shape index (κ1) is 27.7. The Balaban J connectivity index is 1.41. The quantitative estimate of drug-likeness (QED) is 0.254. The number of hydrogen-bond acceptors (Lipinski definition) is 5. The van der Waals surface area contributed by atoms with Crippen LogP contribution in [0, 0.1) is 6.92 Å². The molecule has 12 heteroatoms. The summed E-state index contributed by atoms with van der Waals surface area (Å²) >= 11 is 6.59. The summed E-state index contributed by atoms with van der Waals surface area (Å²) < 4.78 is 57.1. The van der Waals surface area contributed by atoms with Gasteiger partial charge in [0.25, 0.3) is 11.1 Å². The molecule has 2 aromatic carbocycles. The number of amides is 2. The van der Waals surface area contributed by atoms with Gasteiger partial charge in [-0.3, -0.25) is 19.2 Å². The van der Waals surface area contributed by atoms with E-state index in [-0.39, 0.29) is 28.6 Å². The van der Waals surface area contributed by atoms with Gasteiger partial charge in [0.1, 0.15) is 6.17 Å². The van der Waals surface area contributed by atoms with Crippen LogP contribution in [0.5, 0.6) is 0 Å². The second-order valence-corrected chi connectivity index (χ2v) is 11.1. The number of fused-ring (bicyclic) bond motifs is 1. The Labute approximate surface area is 231 Å². The number of halogens is 5. The van der Waals surface area contributed by atoms with Gasteiger partial charge in [0.05, 0.1) is 34.3 Å². The molecule has 6 nitrogen and oxygen atoms in total. The number of aryl methyl sites for hydroxylation is 1. The van der Waals surface area contributed by atoms with E-state index in [1.54, 1.807) is 31.2 Å². The number of hydrogen-bond donors (Lipinski definition) is 0. The van der Waals surface area contributed by atoms with Crippen LogP contribution in [0.25, 0.3) is 17.0 Å². The minimum absolute atomic E-state index is 0.00455. The molecular formula is C27H25ClF4N4O2S. The monoisotopic (exact) mass is 580 g/mol. The Morgan fingerprint density at radius 3 is 2.64 bits per heavy atom. The van der Waals surface area contributed by atoms with Gasteiger partial charge in [-0.2, -0.15) is 18.3 Å². The van der Waals surface area contributed by atoms with E-state index in [4.69, 9.17) is 11.6 Å². The van der Waals surface area contributed by atoms with Crippen LogP contribution >= 0.6 is 23.4 Å². The molecule has 3 heterocycles. The Morgan fingerprint density at radius 1 is 1.18 bits per heavy atom. The number of likely N-dealkylation sites (tertiary alicyclic amines) is 1. The van der Waals surface area contributed by atoms with Gasteiger partial charge in [0, 0.05) is 23.5 Å². The van der Waals surface area contributed by atoms with E-state index in [1.807, 2.05) is 11.8 Å². The molecule has 0 saturated carbocycles. The first-order valence-corrected chi connectivity index (χ1v) is 13.6. The standard InChI is InChI=1S/C27H25ClF4N4O2S/c1-3-34-9-8-23(21(29)14-34)36-25(37)24(39-26(36)38)11-16-4-7-22-19(10-16)15(2)33-35(22)13-17-5-6-18(28)12-20(17)27(30,31)32/h4-7,10-12,21,23H,3,8-9,13-14H2,1-2H3/b24-11-/t21-,23-/m0/s1. The van der Waals surface area contributed by atoms with Gasteiger partial charge >= 0.3 is 6.18 Å². The predicted octanol–water partition coefficient (Wildman–Crippen LogP) is 6.53. The molecule has 2 saturated heterocycles. The molecule has 3 aromatic rings. The summed E-state index contributed by atoms with van der Waals surface area (Å²) in [6, 6.07) is 8.06. The minimum Gasteiger partial charge on any atom is -0.301 e. The van der Waals surface area contributed by atoms with Crippen molar-refractivity contribution in [1.82, 2.24) is 19.6 Å². The smallest absolute Gasteiger partial charge is 0.301 e. The van der Waals surface area contributed by atoms with Crippen LogP contribution in [-0.4, -0.2) is 62.6 Å². The number of carbonyl (C=O) groups excluding carboxylic acids is 2. The van der Waals surface area contributed by atoms with Gasteiger partial charge in [0.2, 0.25) is 0 Å². The van der Waals surface area contributed by atoms with E-state index in [0.29, 0.717) is 41.7 Å². The zero-order valence-electron chi connectivity index (χ0n) is 21.1. The lowest BCUT2D eigenvalue weighted by Gasteiger charge is -2.37. The molecule has 0 radical (unpaired) electrons. The Morgan fingerprint density at radius 2 is 1.95 bits per heavy atom. The van der Waals surface area contributed by atoms with Crippen LogP contribution in [0.2, 0.25) is 5.02 Å². The Hall–Kier alpha value is -2.89. The highest BCUT2D eigenvalue weighted by Crippen LogP contribution is 2.37. The van der Waals surface area contributed by atoms with E-state index in [0.717, 1.165) is 22.7 Å². The van der Waals surface area contributed by atoms with Crippen LogP contribution in [-0.2, 0) is 17.5 Å². The molecule has 2 atom stereocenters. The van der Waals surface area contributed by atoms with Gasteiger partial charge in [-0.15, -0.1) is 0 Å². The van der Waals surface area contributed by atoms with Crippen LogP contribution < -0.4 is 0 Å². The maximum absolute atomic E-state index is 14.8. The molecule has 206 valence electrons. The van der Waals surface area contributed by atoms with Crippen molar-refractivity contribution in [2.24, 2.45) is 0 Å². The number of benzene rings is 2. The van der Waals surface area contributed by atoms with Crippen molar-refractivity contribution in [3.05, 3.63) is 68.7 Å². The lowest BCUT2D eigenvalue weighted by Crippen LogP contribution is -2.53. The predicted molar refractivity (Wildman–Crippen MR) is 143 cm³/mol. The maximum Gasteiger partial charge on any atom is 0.416 e. The highest BCUT2D eigenvalue weighted by atomic mass is 35.5. The fourth-order valence-electron chi connectivity index (χ4n) is 5.13. The second kappa shape index (κ2) is 10.6. The van der Waals surface area contributed by atoms with E-state index < -0.39 is 35.1 Å². The van der Waals surface area contributed by atoms with Crippen molar-refractivity contribution in [1.29, 1.82) is 0 Å². The van der Waals surface area contributed by atoms with Crippen molar-refractivity contribution in [3.8, 4) is 0 Å². The first-order valence-electron chi connectivity index (χ1n) is 12.4. The van der Waals surface area contributed by atoms with E-state index in [1.165, 1.54) is 16.8 Å². The zero-order chi connectivity index (χ0) is 28.1. The summed E-state index contributed by atoms with van der Waals surface area (Å²) in [4.78, 5) is 29.0. The normalized spacial score (nSPS) is 22.0. The lowest BCUT2D eigenvalue weighted by atomic mass is 10.0. The Kier molecular flexibility index (Phi) is 7.51. The molecule has 1 aromatic heterocycles. The van der Waals surface area contributed by atoms with Crippen molar-refractivity contribution in [2.75, 3.05) is 19.6 Å². The van der Waals surface area contributed by atoms with Crippen LogP contribution in [0.1, 0.15) is 35.7 Å². The summed E-state index contributed by atoms with van der Waals surface area (Å²) in [6.45, 7) is 5.07. The number of aromatic nitrogens is 2. The first-order chi connectivity index (χ1) is 18.5. The van der Waals surface area contributed by atoms with Crippen LogP contribution in [0.3, 0.4) is 0 Å². The average Bonchev–Trinajstić information content (AvgIpc) is 3.33. The molecule has 0 bridgehead atoms. The fraction of sp³-hybridized carbons (Fsp3) is 0.370. The summed E-state index contributed by atoms with van der Waals surface area (Å²) in [7, 11) is 0. The second-order valence-electron chi connectivity index (χ2n) is 9.64. The van der Waals surface area contributed by atoms with Crippen LogP contribution in [0.4, 0.5) is 22.4 Å². The maximum atomic E-state index is 14.8. The molecule has 5 rings (SSSR count). The molecule has 0 N–H and O–H groups in total.